The molecule has 10 heteroatoms. The van der Waals surface area contributed by atoms with Gasteiger partial charge in [0.15, 0.2) is 0 Å². The normalized spacial score (nSPS) is 14.8. The summed E-state index contributed by atoms with van der Waals surface area (Å²) >= 11 is 5.80. The van der Waals surface area contributed by atoms with Gasteiger partial charge in [-0.25, -0.2) is 18.7 Å². The van der Waals surface area contributed by atoms with Gasteiger partial charge in [0.1, 0.15) is 33.9 Å². The van der Waals surface area contributed by atoms with Crippen LogP contribution < -0.4 is 9.64 Å². The topological polar surface area (TPSA) is 77.2 Å². The van der Waals surface area contributed by atoms with Crippen molar-refractivity contribution in [3.63, 3.8) is 0 Å². The largest absolute Gasteiger partial charge is 0.493 e. The first-order valence-corrected chi connectivity index (χ1v) is 11.5. The number of hydrogen-bond donors (Lipinski definition) is 0. The SMILES string of the molecule is CC(C)c1nnc(-c2c(F)cc(OCCCC3CCN(c4cnc(Cl)cn4)CC3)cc2F)o1. The molecule has 3 heterocycles. The highest BCUT2D eigenvalue weighted by molar-refractivity contribution is 6.29. The van der Waals surface area contributed by atoms with Crippen molar-refractivity contribution in [3.05, 3.63) is 47.2 Å². The Bertz CT molecular complexity index is 1050. The zero-order chi connectivity index (χ0) is 23.4. The first-order valence-electron chi connectivity index (χ1n) is 11.1. The molecule has 0 unspecified atom stereocenters. The van der Waals surface area contributed by atoms with Crippen LogP contribution in [0.25, 0.3) is 11.5 Å². The Labute approximate surface area is 196 Å². The highest BCUT2D eigenvalue weighted by Crippen LogP contribution is 2.30. The van der Waals surface area contributed by atoms with Gasteiger partial charge in [0.25, 0.3) is 5.89 Å². The van der Waals surface area contributed by atoms with E-state index in [4.69, 9.17) is 20.8 Å². The van der Waals surface area contributed by atoms with Gasteiger partial charge < -0.3 is 14.1 Å². The molecule has 0 amide bonds. The fourth-order valence-corrected chi connectivity index (χ4v) is 3.99. The standard InChI is InChI=1S/C23H26ClF2N5O2/c1-14(2)22-29-30-23(33-22)21-17(25)10-16(11-18(21)26)32-9-3-4-15-5-7-31(8-6-15)20-13-27-19(24)12-28-20/h10-15H,3-9H2,1-2H3. The smallest absolute Gasteiger partial charge is 0.253 e. The second kappa shape index (κ2) is 10.4. The summed E-state index contributed by atoms with van der Waals surface area (Å²) in [6.07, 6.45) is 7.14. The molecule has 1 fully saturated rings. The second-order valence-electron chi connectivity index (χ2n) is 8.48. The molecule has 3 aromatic rings. The molecule has 1 saturated heterocycles. The Morgan fingerprint density at radius 1 is 1.12 bits per heavy atom. The number of anilines is 1. The van der Waals surface area contributed by atoms with Crippen LogP contribution in [-0.2, 0) is 0 Å². The zero-order valence-electron chi connectivity index (χ0n) is 18.6. The molecule has 0 N–H and O–H groups in total. The molecule has 4 rings (SSSR count). The van der Waals surface area contributed by atoms with E-state index in [-0.39, 0.29) is 23.1 Å². The molecule has 7 nitrogen and oxygen atoms in total. The van der Waals surface area contributed by atoms with E-state index in [0.717, 1.165) is 56.7 Å². The molecule has 1 aliphatic heterocycles. The fraction of sp³-hybridized carbons (Fsp3) is 0.478. The number of hydrogen-bond acceptors (Lipinski definition) is 7. The quantitative estimate of drug-likeness (QED) is 0.387. The van der Waals surface area contributed by atoms with Gasteiger partial charge in [0.05, 0.1) is 19.0 Å². The lowest BCUT2D eigenvalue weighted by atomic mass is 9.92. The predicted molar refractivity (Wildman–Crippen MR) is 120 cm³/mol. The van der Waals surface area contributed by atoms with E-state index in [1.54, 1.807) is 12.4 Å². The molecule has 1 aromatic carbocycles. The summed E-state index contributed by atoms with van der Waals surface area (Å²) in [6, 6.07) is 2.31. The molecule has 176 valence electrons. The van der Waals surface area contributed by atoms with E-state index in [0.29, 0.717) is 23.6 Å². The maximum Gasteiger partial charge on any atom is 0.253 e. The summed E-state index contributed by atoms with van der Waals surface area (Å²) in [5, 5.41) is 7.98. The minimum atomic E-state index is -0.790. The van der Waals surface area contributed by atoms with E-state index >= 15 is 0 Å². The van der Waals surface area contributed by atoms with Gasteiger partial charge in [-0.2, -0.15) is 0 Å². The van der Waals surface area contributed by atoms with E-state index in [1.807, 2.05) is 13.8 Å². The van der Waals surface area contributed by atoms with E-state index in [1.165, 1.54) is 0 Å². The minimum absolute atomic E-state index is 0.0293. The molecule has 0 aliphatic carbocycles. The molecule has 33 heavy (non-hydrogen) atoms. The third kappa shape index (κ3) is 5.76. The van der Waals surface area contributed by atoms with E-state index < -0.39 is 11.6 Å². The van der Waals surface area contributed by atoms with Crippen molar-refractivity contribution in [2.75, 3.05) is 24.6 Å². The van der Waals surface area contributed by atoms with Gasteiger partial charge in [0, 0.05) is 31.1 Å². The molecule has 2 aromatic heterocycles. The number of rotatable bonds is 8. The van der Waals surface area contributed by atoms with Gasteiger partial charge in [-0.05, 0) is 31.6 Å². The van der Waals surface area contributed by atoms with Gasteiger partial charge in [-0.3, -0.25) is 0 Å². The summed E-state index contributed by atoms with van der Waals surface area (Å²) in [7, 11) is 0. The summed E-state index contributed by atoms with van der Waals surface area (Å²) in [5.74, 6) is 0.116. The molecule has 0 bridgehead atoms. The van der Waals surface area contributed by atoms with Crippen molar-refractivity contribution in [1.82, 2.24) is 20.2 Å². The number of ether oxygens (including phenoxy) is 1. The average molecular weight is 478 g/mol. The van der Waals surface area contributed by atoms with Crippen molar-refractivity contribution in [1.29, 1.82) is 0 Å². The first-order chi connectivity index (χ1) is 15.9. The van der Waals surface area contributed by atoms with Crippen LogP contribution in [0.1, 0.15) is 51.3 Å². The van der Waals surface area contributed by atoms with Crippen LogP contribution in [0.3, 0.4) is 0 Å². The zero-order valence-corrected chi connectivity index (χ0v) is 19.4. The van der Waals surface area contributed by atoms with Gasteiger partial charge in [-0.15, -0.1) is 10.2 Å². The Hall–Kier alpha value is -2.81. The third-order valence-electron chi connectivity index (χ3n) is 5.73. The molecule has 1 aliphatic rings. The minimum Gasteiger partial charge on any atom is -0.493 e. The molecular weight excluding hydrogens is 452 g/mol. The van der Waals surface area contributed by atoms with Crippen molar-refractivity contribution in [2.45, 2.75) is 45.4 Å². The van der Waals surface area contributed by atoms with Crippen LogP contribution in [0.15, 0.2) is 28.9 Å². The molecular formula is C23H26ClF2N5O2. The summed E-state index contributed by atoms with van der Waals surface area (Å²) in [5.41, 5.74) is -0.334. The summed E-state index contributed by atoms with van der Waals surface area (Å²) in [6.45, 7) is 5.93. The fourth-order valence-electron chi connectivity index (χ4n) is 3.89. The molecule has 0 radical (unpaired) electrons. The summed E-state index contributed by atoms with van der Waals surface area (Å²) < 4.78 is 40.1. The number of benzene rings is 1. The Kier molecular flexibility index (Phi) is 7.37. The molecule has 0 spiro atoms. The van der Waals surface area contributed by atoms with Crippen molar-refractivity contribution < 1.29 is 17.9 Å². The maximum atomic E-state index is 14.5. The third-order valence-corrected chi connectivity index (χ3v) is 5.93. The number of nitrogens with zero attached hydrogens (tertiary/aromatic N) is 5. The lowest BCUT2D eigenvalue weighted by Gasteiger charge is -2.32. The lowest BCUT2D eigenvalue weighted by Crippen LogP contribution is -2.34. The van der Waals surface area contributed by atoms with Crippen LogP contribution in [0.5, 0.6) is 5.75 Å². The van der Waals surface area contributed by atoms with E-state index in [9.17, 15) is 8.78 Å². The second-order valence-corrected chi connectivity index (χ2v) is 8.87. The van der Waals surface area contributed by atoms with E-state index in [2.05, 4.69) is 25.1 Å². The van der Waals surface area contributed by atoms with Gasteiger partial charge in [-0.1, -0.05) is 25.4 Å². The van der Waals surface area contributed by atoms with Gasteiger partial charge in [0.2, 0.25) is 5.89 Å². The van der Waals surface area contributed by atoms with Crippen molar-refractivity contribution >= 4 is 17.4 Å². The predicted octanol–water partition coefficient (Wildman–Crippen LogP) is 5.66. The van der Waals surface area contributed by atoms with Crippen LogP contribution >= 0.6 is 11.6 Å². The van der Waals surface area contributed by atoms with Crippen LogP contribution in [-0.4, -0.2) is 39.9 Å². The highest BCUT2D eigenvalue weighted by Gasteiger charge is 2.22. The molecule has 0 saturated carbocycles. The summed E-state index contributed by atoms with van der Waals surface area (Å²) in [4.78, 5) is 10.6. The van der Waals surface area contributed by atoms with Crippen LogP contribution in [0.4, 0.5) is 14.6 Å². The number of aromatic nitrogens is 4. The average Bonchev–Trinajstić information content (AvgIpc) is 3.27. The van der Waals surface area contributed by atoms with Crippen molar-refractivity contribution in [2.24, 2.45) is 5.92 Å². The monoisotopic (exact) mass is 477 g/mol. The highest BCUT2D eigenvalue weighted by atomic mass is 35.5. The van der Waals surface area contributed by atoms with Crippen LogP contribution in [0.2, 0.25) is 5.15 Å². The maximum absolute atomic E-state index is 14.5. The van der Waals surface area contributed by atoms with Crippen LogP contribution in [0, 0.1) is 17.6 Å². The Morgan fingerprint density at radius 3 is 2.45 bits per heavy atom. The lowest BCUT2D eigenvalue weighted by molar-refractivity contribution is 0.277. The van der Waals surface area contributed by atoms with Gasteiger partial charge >= 0.3 is 0 Å². The first kappa shape index (κ1) is 23.4. The van der Waals surface area contributed by atoms with Crippen molar-refractivity contribution in [3.8, 4) is 17.2 Å². The molecule has 0 atom stereocenters. The Morgan fingerprint density at radius 2 is 1.85 bits per heavy atom. The number of piperidine rings is 1. The Balaban J connectivity index is 1.24. The number of halogens is 3.